The van der Waals surface area contributed by atoms with Crippen molar-refractivity contribution in [2.75, 3.05) is 19.0 Å². The molecule has 2 rings (SSSR count). The minimum Gasteiger partial charge on any atom is -0.497 e. The first-order valence-electron chi connectivity index (χ1n) is 7.89. The summed E-state index contributed by atoms with van der Waals surface area (Å²) >= 11 is 0. The zero-order valence-electron chi connectivity index (χ0n) is 14.5. The second kappa shape index (κ2) is 8.13. The van der Waals surface area contributed by atoms with E-state index >= 15 is 0 Å². The van der Waals surface area contributed by atoms with E-state index in [0.29, 0.717) is 5.75 Å². The molecule has 0 aliphatic rings. The van der Waals surface area contributed by atoms with Crippen molar-refractivity contribution in [3.63, 3.8) is 0 Å². The van der Waals surface area contributed by atoms with Gasteiger partial charge in [0, 0.05) is 5.69 Å². The maximum atomic E-state index is 12.2. The van der Waals surface area contributed by atoms with E-state index in [0.717, 1.165) is 23.2 Å². The van der Waals surface area contributed by atoms with Crippen LogP contribution in [0.5, 0.6) is 5.75 Å². The number of methoxy groups -OCH3 is 1. The zero-order valence-corrected chi connectivity index (χ0v) is 15.3. The van der Waals surface area contributed by atoms with Crippen molar-refractivity contribution in [2.24, 2.45) is 0 Å². The highest BCUT2D eigenvalue weighted by molar-refractivity contribution is 7.89. The number of para-hydroxylation sites is 1. The zero-order chi connectivity index (χ0) is 18.4. The molecule has 0 unspecified atom stereocenters. The summed E-state index contributed by atoms with van der Waals surface area (Å²) in [6.07, 6.45) is 0.773. The summed E-state index contributed by atoms with van der Waals surface area (Å²) in [7, 11) is -2.26. The number of anilines is 1. The summed E-state index contributed by atoms with van der Waals surface area (Å²) in [5, 5.41) is 2.79. The third-order valence-electron chi connectivity index (χ3n) is 3.80. The normalized spacial score (nSPS) is 11.2. The predicted octanol–water partition coefficient (Wildman–Crippen LogP) is 2.48. The van der Waals surface area contributed by atoms with Gasteiger partial charge in [0.1, 0.15) is 5.75 Å². The Bertz CT molecular complexity index is 846. The van der Waals surface area contributed by atoms with Gasteiger partial charge in [-0.1, -0.05) is 25.1 Å². The lowest BCUT2D eigenvalue weighted by atomic mass is 10.1. The maximum Gasteiger partial charge on any atom is 0.241 e. The summed E-state index contributed by atoms with van der Waals surface area (Å²) in [5.74, 6) is 0.143. The first-order valence-corrected chi connectivity index (χ1v) is 9.37. The van der Waals surface area contributed by atoms with Crippen molar-refractivity contribution in [3.8, 4) is 5.75 Å². The second-order valence-corrected chi connectivity index (χ2v) is 7.28. The van der Waals surface area contributed by atoms with E-state index in [-0.39, 0.29) is 11.4 Å². The molecule has 0 aliphatic heterocycles. The molecule has 2 aromatic rings. The Labute approximate surface area is 148 Å². The average molecular weight is 362 g/mol. The molecule has 0 saturated heterocycles. The molecule has 0 fully saturated rings. The lowest BCUT2D eigenvalue weighted by Crippen LogP contribution is -2.33. The predicted molar refractivity (Wildman–Crippen MR) is 97.4 cm³/mol. The Hall–Kier alpha value is -2.38. The van der Waals surface area contributed by atoms with Crippen molar-refractivity contribution in [2.45, 2.75) is 25.2 Å². The molecule has 0 bridgehead atoms. The molecule has 2 N–H and O–H groups in total. The number of aryl methyl sites for hydroxylation is 2. The fourth-order valence-corrected chi connectivity index (χ4v) is 3.37. The number of hydrogen-bond acceptors (Lipinski definition) is 4. The Morgan fingerprint density at radius 3 is 2.40 bits per heavy atom. The van der Waals surface area contributed by atoms with Gasteiger partial charge in [-0.25, -0.2) is 13.1 Å². The number of hydrogen-bond donors (Lipinski definition) is 2. The number of ether oxygens (including phenoxy) is 1. The molecule has 0 aromatic heterocycles. The molecule has 0 radical (unpaired) electrons. The number of rotatable bonds is 7. The van der Waals surface area contributed by atoms with E-state index in [1.165, 1.54) is 19.2 Å². The van der Waals surface area contributed by atoms with Gasteiger partial charge in [0.25, 0.3) is 0 Å². The molecule has 6 nitrogen and oxygen atoms in total. The molecule has 0 spiro atoms. The largest absolute Gasteiger partial charge is 0.497 e. The Morgan fingerprint density at radius 2 is 1.80 bits per heavy atom. The molecular weight excluding hydrogens is 340 g/mol. The fraction of sp³-hybridized carbons (Fsp3) is 0.278. The topological polar surface area (TPSA) is 84.5 Å². The van der Waals surface area contributed by atoms with Gasteiger partial charge in [-0.3, -0.25) is 4.79 Å². The monoisotopic (exact) mass is 362 g/mol. The van der Waals surface area contributed by atoms with Crippen molar-refractivity contribution >= 4 is 21.6 Å². The first-order chi connectivity index (χ1) is 11.9. The van der Waals surface area contributed by atoms with Crippen molar-refractivity contribution in [3.05, 3.63) is 53.6 Å². The molecular formula is C18H22N2O4S. The van der Waals surface area contributed by atoms with Crippen molar-refractivity contribution in [1.29, 1.82) is 0 Å². The van der Waals surface area contributed by atoms with Crippen LogP contribution in [0.15, 0.2) is 47.4 Å². The van der Waals surface area contributed by atoms with Crippen LogP contribution in [0.25, 0.3) is 0 Å². The lowest BCUT2D eigenvalue weighted by molar-refractivity contribution is -0.115. The summed E-state index contributed by atoms with van der Waals surface area (Å²) in [6, 6.07) is 11.7. The quantitative estimate of drug-likeness (QED) is 0.792. The van der Waals surface area contributed by atoms with Gasteiger partial charge in [0.05, 0.1) is 18.6 Å². The third-order valence-corrected chi connectivity index (χ3v) is 5.21. The van der Waals surface area contributed by atoms with Crippen LogP contribution in [0.2, 0.25) is 0 Å². The van der Waals surface area contributed by atoms with Gasteiger partial charge in [0.15, 0.2) is 0 Å². The highest BCUT2D eigenvalue weighted by Gasteiger charge is 2.16. The fourth-order valence-electron chi connectivity index (χ4n) is 2.38. The van der Waals surface area contributed by atoms with Crippen LogP contribution in [0.1, 0.15) is 18.1 Å². The van der Waals surface area contributed by atoms with Gasteiger partial charge in [0.2, 0.25) is 15.9 Å². The summed E-state index contributed by atoms with van der Waals surface area (Å²) in [5.41, 5.74) is 2.68. The Morgan fingerprint density at radius 1 is 1.12 bits per heavy atom. The third kappa shape index (κ3) is 4.80. The summed E-state index contributed by atoms with van der Waals surface area (Å²) in [4.78, 5) is 12.2. The van der Waals surface area contributed by atoms with E-state index in [1.807, 2.05) is 32.0 Å². The molecule has 25 heavy (non-hydrogen) atoms. The SMILES string of the molecule is CCc1cccc(C)c1NC(=O)CNS(=O)(=O)c1ccc(OC)cc1. The first kappa shape index (κ1) is 19.0. The van der Waals surface area contributed by atoms with Crippen molar-refractivity contribution < 1.29 is 17.9 Å². The molecule has 1 amide bonds. The second-order valence-electron chi connectivity index (χ2n) is 5.51. The molecule has 0 saturated carbocycles. The van der Waals surface area contributed by atoms with Gasteiger partial charge in [-0.05, 0) is 48.7 Å². The molecule has 0 atom stereocenters. The molecule has 0 heterocycles. The van der Waals surface area contributed by atoms with Crippen LogP contribution in [0.3, 0.4) is 0 Å². The van der Waals surface area contributed by atoms with Gasteiger partial charge < -0.3 is 10.1 Å². The minimum atomic E-state index is -3.76. The number of carbonyl (C=O) groups is 1. The molecule has 134 valence electrons. The van der Waals surface area contributed by atoms with E-state index in [4.69, 9.17) is 4.74 Å². The number of carbonyl (C=O) groups excluding carboxylic acids is 1. The number of amides is 1. The van der Waals surface area contributed by atoms with Gasteiger partial charge in [-0.2, -0.15) is 0 Å². The molecule has 0 aliphatic carbocycles. The lowest BCUT2D eigenvalue weighted by Gasteiger charge is -2.13. The summed E-state index contributed by atoms with van der Waals surface area (Å²) in [6.45, 7) is 3.55. The van der Waals surface area contributed by atoms with Crippen LogP contribution < -0.4 is 14.8 Å². The van der Waals surface area contributed by atoms with Gasteiger partial charge in [-0.15, -0.1) is 0 Å². The van der Waals surface area contributed by atoms with Crippen LogP contribution >= 0.6 is 0 Å². The number of benzene rings is 2. The van der Waals surface area contributed by atoms with Crippen LogP contribution in [-0.2, 0) is 21.2 Å². The highest BCUT2D eigenvalue weighted by atomic mass is 32.2. The van der Waals surface area contributed by atoms with E-state index in [2.05, 4.69) is 10.0 Å². The van der Waals surface area contributed by atoms with Gasteiger partial charge >= 0.3 is 0 Å². The molecule has 2 aromatic carbocycles. The maximum absolute atomic E-state index is 12.2. The van der Waals surface area contributed by atoms with E-state index in [1.54, 1.807) is 12.1 Å². The number of sulfonamides is 1. The standard InChI is InChI=1S/C18H22N2O4S/c1-4-14-7-5-6-13(2)18(14)20-17(21)12-19-25(22,23)16-10-8-15(24-3)9-11-16/h5-11,19H,4,12H2,1-3H3,(H,20,21). The smallest absolute Gasteiger partial charge is 0.241 e. The van der Waals surface area contributed by atoms with Crippen molar-refractivity contribution in [1.82, 2.24) is 4.72 Å². The van der Waals surface area contributed by atoms with E-state index < -0.39 is 15.9 Å². The average Bonchev–Trinajstić information content (AvgIpc) is 2.62. The molecule has 7 heteroatoms. The minimum absolute atomic E-state index is 0.0752. The van der Waals surface area contributed by atoms with E-state index in [9.17, 15) is 13.2 Å². The number of nitrogens with one attached hydrogen (secondary N) is 2. The van der Waals surface area contributed by atoms with Crippen LogP contribution in [-0.4, -0.2) is 28.0 Å². The van der Waals surface area contributed by atoms with Crippen LogP contribution in [0.4, 0.5) is 5.69 Å². The Kier molecular flexibility index (Phi) is 6.17. The Balaban J connectivity index is 2.04. The van der Waals surface area contributed by atoms with Crippen LogP contribution in [0, 0.1) is 6.92 Å². The summed E-state index contributed by atoms with van der Waals surface area (Å²) < 4.78 is 31.8. The highest BCUT2D eigenvalue weighted by Crippen LogP contribution is 2.21.